The normalized spacial score (nSPS) is 18.5. The molecule has 1 aromatic heterocycles. The van der Waals surface area contributed by atoms with Crippen LogP contribution in [0.15, 0.2) is 60.9 Å². The van der Waals surface area contributed by atoms with Crippen LogP contribution in [-0.2, 0) is 4.79 Å². The fourth-order valence-electron chi connectivity index (χ4n) is 4.16. The SMILES string of the molecule is O=C(N[C@H]1CC[C@H](O)CC1)[C@H](CO)c1ccc(Nc2ncc(-c3ccc(OC(F)F)cc3)cn2)cc1. The molecule has 36 heavy (non-hydrogen) atoms. The third kappa shape index (κ3) is 6.73. The van der Waals surface area contributed by atoms with Gasteiger partial charge in [-0.2, -0.15) is 8.78 Å². The third-order valence-corrected chi connectivity index (χ3v) is 6.18. The van der Waals surface area contributed by atoms with Crippen LogP contribution in [0, 0.1) is 0 Å². The number of hydrogen-bond donors (Lipinski definition) is 4. The number of benzene rings is 2. The van der Waals surface area contributed by atoms with Crippen molar-refractivity contribution in [2.45, 2.75) is 50.4 Å². The summed E-state index contributed by atoms with van der Waals surface area (Å²) in [4.78, 5) is 21.3. The van der Waals surface area contributed by atoms with Gasteiger partial charge < -0.3 is 25.6 Å². The molecule has 190 valence electrons. The molecule has 0 bridgehead atoms. The molecule has 4 N–H and O–H groups in total. The Bertz CT molecular complexity index is 1120. The lowest BCUT2D eigenvalue weighted by atomic mass is 9.92. The lowest BCUT2D eigenvalue weighted by Gasteiger charge is -2.27. The summed E-state index contributed by atoms with van der Waals surface area (Å²) in [5.74, 6) is -0.475. The number of aliphatic hydroxyl groups is 2. The highest BCUT2D eigenvalue weighted by molar-refractivity contribution is 5.84. The van der Waals surface area contributed by atoms with Gasteiger partial charge in [-0.25, -0.2) is 9.97 Å². The van der Waals surface area contributed by atoms with E-state index in [4.69, 9.17) is 0 Å². The molecule has 0 radical (unpaired) electrons. The zero-order valence-electron chi connectivity index (χ0n) is 19.5. The van der Waals surface area contributed by atoms with E-state index in [2.05, 4.69) is 25.3 Å². The standard InChI is InChI=1S/C26H28F2N4O4/c27-25(28)36-22-11-3-16(4-12-22)18-13-29-26(30-14-18)32-20-5-1-17(2-6-20)23(15-33)24(35)31-19-7-9-21(34)10-8-19/h1-6,11-14,19,21,23,25,33-34H,7-10,15H2,(H,31,35)(H,29,30,32)/t19-,21-,23-/m1/s1. The summed E-state index contributed by atoms with van der Waals surface area (Å²) in [7, 11) is 0. The number of rotatable bonds is 9. The summed E-state index contributed by atoms with van der Waals surface area (Å²) in [5, 5.41) is 25.5. The number of amides is 1. The van der Waals surface area contributed by atoms with Crippen molar-refractivity contribution in [3.8, 4) is 16.9 Å². The molecule has 2 aromatic carbocycles. The molecule has 10 heteroatoms. The Labute approximate surface area is 207 Å². The predicted molar refractivity (Wildman–Crippen MR) is 130 cm³/mol. The summed E-state index contributed by atoms with van der Waals surface area (Å²) in [6, 6.07) is 13.3. The number of carbonyl (C=O) groups is 1. The van der Waals surface area contributed by atoms with Crippen molar-refractivity contribution in [3.63, 3.8) is 0 Å². The van der Waals surface area contributed by atoms with Crippen LogP contribution in [0.2, 0.25) is 0 Å². The van der Waals surface area contributed by atoms with Gasteiger partial charge in [-0.1, -0.05) is 24.3 Å². The van der Waals surface area contributed by atoms with Gasteiger partial charge in [0.25, 0.3) is 0 Å². The van der Waals surface area contributed by atoms with Gasteiger partial charge >= 0.3 is 6.61 Å². The first kappa shape index (κ1) is 25.5. The second-order valence-electron chi connectivity index (χ2n) is 8.69. The Morgan fingerprint density at radius 1 is 0.972 bits per heavy atom. The van der Waals surface area contributed by atoms with Crippen molar-refractivity contribution in [1.82, 2.24) is 15.3 Å². The topological polar surface area (TPSA) is 117 Å². The van der Waals surface area contributed by atoms with Crippen molar-refractivity contribution < 1.29 is 28.5 Å². The van der Waals surface area contributed by atoms with E-state index in [0.29, 0.717) is 35.6 Å². The van der Waals surface area contributed by atoms with E-state index in [9.17, 15) is 23.8 Å². The van der Waals surface area contributed by atoms with Crippen molar-refractivity contribution in [1.29, 1.82) is 0 Å². The molecule has 1 aliphatic carbocycles. The van der Waals surface area contributed by atoms with Gasteiger partial charge in [0.15, 0.2) is 0 Å². The third-order valence-electron chi connectivity index (χ3n) is 6.18. The van der Waals surface area contributed by atoms with Gasteiger partial charge in [-0.05, 0) is 61.1 Å². The minimum atomic E-state index is -2.87. The van der Waals surface area contributed by atoms with E-state index in [1.165, 1.54) is 12.1 Å². The van der Waals surface area contributed by atoms with Crippen LogP contribution in [0.5, 0.6) is 5.75 Å². The van der Waals surface area contributed by atoms with Crippen molar-refractivity contribution in [2.75, 3.05) is 11.9 Å². The molecule has 0 spiro atoms. The van der Waals surface area contributed by atoms with Crippen LogP contribution in [0.4, 0.5) is 20.4 Å². The maximum absolute atomic E-state index is 12.7. The molecule has 1 heterocycles. The number of nitrogens with one attached hydrogen (secondary N) is 2. The summed E-state index contributed by atoms with van der Waals surface area (Å²) < 4.78 is 28.9. The lowest BCUT2D eigenvalue weighted by Crippen LogP contribution is -2.41. The van der Waals surface area contributed by atoms with Crippen LogP contribution in [0.3, 0.4) is 0 Å². The minimum absolute atomic E-state index is 0.0138. The average Bonchev–Trinajstić information content (AvgIpc) is 2.87. The molecule has 1 amide bonds. The Morgan fingerprint density at radius 2 is 1.61 bits per heavy atom. The van der Waals surface area contributed by atoms with E-state index in [1.54, 1.807) is 48.8 Å². The predicted octanol–water partition coefficient (Wildman–Crippen LogP) is 3.98. The molecule has 1 atom stereocenters. The van der Waals surface area contributed by atoms with E-state index in [-0.39, 0.29) is 30.4 Å². The zero-order valence-corrected chi connectivity index (χ0v) is 19.5. The van der Waals surface area contributed by atoms with Crippen molar-refractivity contribution >= 4 is 17.5 Å². The highest BCUT2D eigenvalue weighted by Gasteiger charge is 2.25. The first-order valence-corrected chi connectivity index (χ1v) is 11.7. The van der Waals surface area contributed by atoms with Crippen LogP contribution < -0.4 is 15.4 Å². The van der Waals surface area contributed by atoms with Crippen LogP contribution in [0.25, 0.3) is 11.1 Å². The van der Waals surface area contributed by atoms with E-state index in [0.717, 1.165) is 18.4 Å². The maximum Gasteiger partial charge on any atom is 0.387 e. The number of halogens is 2. The van der Waals surface area contributed by atoms with Crippen molar-refractivity contribution in [3.05, 3.63) is 66.5 Å². The molecule has 4 rings (SSSR count). The second kappa shape index (κ2) is 11.9. The second-order valence-corrected chi connectivity index (χ2v) is 8.69. The molecule has 8 nitrogen and oxygen atoms in total. The van der Waals surface area contributed by atoms with Gasteiger partial charge in [-0.15, -0.1) is 0 Å². The van der Waals surface area contributed by atoms with Gasteiger partial charge in [-0.3, -0.25) is 4.79 Å². The highest BCUT2D eigenvalue weighted by Crippen LogP contribution is 2.25. The summed E-state index contributed by atoms with van der Waals surface area (Å²) >= 11 is 0. The number of nitrogens with zero attached hydrogens (tertiary/aromatic N) is 2. The van der Waals surface area contributed by atoms with Crippen LogP contribution in [0.1, 0.15) is 37.2 Å². The first-order chi connectivity index (χ1) is 17.4. The Hall–Kier alpha value is -3.63. The molecule has 3 aromatic rings. The van der Waals surface area contributed by atoms with E-state index in [1.807, 2.05) is 0 Å². The maximum atomic E-state index is 12.7. The van der Waals surface area contributed by atoms with E-state index >= 15 is 0 Å². The molecule has 0 aliphatic heterocycles. The van der Waals surface area contributed by atoms with Gasteiger partial charge in [0.05, 0.1) is 18.6 Å². The smallest absolute Gasteiger partial charge is 0.387 e. The molecular formula is C26H28F2N4O4. The number of aromatic nitrogens is 2. The number of aliphatic hydroxyl groups excluding tert-OH is 2. The molecule has 0 saturated heterocycles. The van der Waals surface area contributed by atoms with Crippen LogP contribution in [-0.4, -0.2) is 51.5 Å². The number of carbonyl (C=O) groups excluding carboxylic acids is 1. The lowest BCUT2D eigenvalue weighted by molar-refractivity contribution is -0.124. The quantitative estimate of drug-likeness (QED) is 0.353. The minimum Gasteiger partial charge on any atom is -0.435 e. The summed E-state index contributed by atoms with van der Waals surface area (Å²) in [6.07, 6.45) is 5.72. The van der Waals surface area contributed by atoms with Crippen LogP contribution >= 0.6 is 0 Å². The molecule has 0 unspecified atom stereocenters. The van der Waals surface area contributed by atoms with E-state index < -0.39 is 12.5 Å². The molecule has 1 saturated carbocycles. The van der Waals surface area contributed by atoms with Gasteiger partial charge in [0.2, 0.25) is 11.9 Å². The number of anilines is 2. The first-order valence-electron chi connectivity index (χ1n) is 11.7. The fourth-order valence-corrected chi connectivity index (χ4v) is 4.16. The molecule has 1 aliphatic rings. The van der Waals surface area contributed by atoms with Gasteiger partial charge in [0.1, 0.15) is 5.75 Å². The number of ether oxygens (including phenoxy) is 1. The fraction of sp³-hybridized carbons (Fsp3) is 0.346. The monoisotopic (exact) mass is 498 g/mol. The largest absolute Gasteiger partial charge is 0.435 e. The number of alkyl halides is 2. The Morgan fingerprint density at radius 3 is 2.19 bits per heavy atom. The highest BCUT2D eigenvalue weighted by atomic mass is 19.3. The van der Waals surface area contributed by atoms with Gasteiger partial charge in [0, 0.05) is 29.7 Å². The Kier molecular flexibility index (Phi) is 8.40. The molecular weight excluding hydrogens is 470 g/mol. The summed E-state index contributed by atoms with van der Waals surface area (Å²) in [5.41, 5.74) is 2.86. The van der Waals surface area contributed by atoms with Crippen molar-refractivity contribution in [2.24, 2.45) is 0 Å². The Balaban J connectivity index is 1.34. The molecule has 1 fully saturated rings. The number of hydrogen-bond acceptors (Lipinski definition) is 7. The average molecular weight is 499 g/mol. The summed E-state index contributed by atoms with van der Waals surface area (Å²) in [6.45, 7) is -3.18. The zero-order chi connectivity index (χ0) is 25.5.